The number of carbonyl (C=O) groups excluding carboxylic acids is 2. The third-order valence-electron chi connectivity index (χ3n) is 8.20. The molecule has 0 unspecified atom stereocenters. The Morgan fingerprint density at radius 3 is 2.29 bits per heavy atom. The van der Waals surface area contributed by atoms with E-state index >= 15 is 0 Å². The zero-order valence-electron chi connectivity index (χ0n) is 27.6. The normalized spacial score (nSPS) is 16.8. The number of H-pyrrole nitrogens is 1. The molecule has 0 spiro atoms. The second-order valence-electron chi connectivity index (χ2n) is 14.8. The van der Waals surface area contributed by atoms with Crippen LogP contribution < -0.4 is 10.6 Å². The molecule has 236 valence electrons. The van der Waals surface area contributed by atoms with Gasteiger partial charge in [0, 0.05) is 32.3 Å². The van der Waals surface area contributed by atoms with Crippen LogP contribution in [-0.4, -0.2) is 72.7 Å². The molecule has 1 saturated carbocycles. The van der Waals surface area contributed by atoms with Crippen LogP contribution in [0.15, 0.2) is 12.5 Å². The summed E-state index contributed by atoms with van der Waals surface area (Å²) in [6.45, 7) is 22.5. The van der Waals surface area contributed by atoms with Crippen molar-refractivity contribution in [3.63, 3.8) is 0 Å². The number of rotatable bonds is 13. The van der Waals surface area contributed by atoms with Crippen molar-refractivity contribution in [2.75, 3.05) is 19.6 Å². The molecule has 3 amide bonds. The largest absolute Gasteiger partial charge is 0.444 e. The van der Waals surface area contributed by atoms with Gasteiger partial charge < -0.3 is 29.7 Å². The maximum absolute atomic E-state index is 13.6. The second-order valence-corrected chi connectivity index (χ2v) is 19.5. The van der Waals surface area contributed by atoms with Gasteiger partial charge in [0.15, 0.2) is 8.32 Å². The lowest BCUT2D eigenvalue weighted by atomic mass is 9.83. The third-order valence-corrected chi connectivity index (χ3v) is 12.7. The first-order valence-electron chi connectivity index (χ1n) is 15.6. The fourth-order valence-corrected chi connectivity index (χ4v) is 6.43. The average Bonchev–Trinajstić information content (AvgIpc) is 3.34. The van der Waals surface area contributed by atoms with Crippen molar-refractivity contribution in [1.29, 1.82) is 0 Å². The molecule has 0 radical (unpaired) electrons. The molecule has 3 N–H and O–H groups in total. The van der Waals surface area contributed by atoms with Gasteiger partial charge in [0.1, 0.15) is 5.60 Å². The van der Waals surface area contributed by atoms with Crippen molar-refractivity contribution in [3.8, 4) is 0 Å². The monoisotopic (exact) mass is 593 g/mol. The zero-order chi connectivity index (χ0) is 30.8. The molecule has 1 fully saturated rings. The first kappa shape index (κ1) is 35.1. The van der Waals surface area contributed by atoms with Crippen molar-refractivity contribution >= 4 is 20.4 Å². The number of alkyl carbamates (subject to hydrolysis) is 1. The van der Waals surface area contributed by atoms with Crippen LogP contribution in [0, 0.1) is 11.8 Å². The van der Waals surface area contributed by atoms with Crippen molar-refractivity contribution in [1.82, 2.24) is 25.5 Å². The van der Waals surface area contributed by atoms with E-state index in [2.05, 4.69) is 68.3 Å². The fourth-order valence-electron chi connectivity index (χ4n) is 5.08. The van der Waals surface area contributed by atoms with Crippen molar-refractivity contribution in [2.24, 2.45) is 11.8 Å². The Bertz CT molecular complexity index is 918. The lowest BCUT2D eigenvalue weighted by Crippen LogP contribution is -2.58. The van der Waals surface area contributed by atoms with E-state index in [0.717, 1.165) is 25.0 Å². The van der Waals surface area contributed by atoms with Crippen molar-refractivity contribution in [3.05, 3.63) is 18.2 Å². The number of aromatic nitrogens is 2. The van der Waals surface area contributed by atoms with E-state index in [1.807, 2.05) is 31.9 Å². The van der Waals surface area contributed by atoms with Crippen molar-refractivity contribution < 1.29 is 18.8 Å². The highest BCUT2D eigenvalue weighted by molar-refractivity contribution is 6.74. The van der Waals surface area contributed by atoms with Crippen molar-refractivity contribution in [2.45, 2.75) is 136 Å². The lowest BCUT2D eigenvalue weighted by molar-refractivity contribution is 0.0364. The summed E-state index contributed by atoms with van der Waals surface area (Å²) in [5, 5.41) is 6.29. The van der Waals surface area contributed by atoms with Gasteiger partial charge in [-0.3, -0.25) is 0 Å². The Balaban J connectivity index is 2.35. The highest BCUT2D eigenvalue weighted by Crippen LogP contribution is 2.38. The molecule has 2 rings (SSSR count). The van der Waals surface area contributed by atoms with Gasteiger partial charge in [0.2, 0.25) is 0 Å². The summed E-state index contributed by atoms with van der Waals surface area (Å²) in [5.74, 6) is 0.784. The lowest BCUT2D eigenvalue weighted by Gasteiger charge is -2.44. The standard InChI is InChI=1S/C31H59N5O4Si/c1-23(2)20-36(28(37)33-17-16-25-19-32-22-34-25)21-27(40-41(9,10)31(6,7)8)26(18-24-14-12-11-13-15-24)35-29(38)39-30(3,4)5/h19,22-24,26-27H,11-18,20-21H2,1-10H3,(H,32,34)(H,33,37)(H,35,38)/t26-,27+/m0/s1. The summed E-state index contributed by atoms with van der Waals surface area (Å²) in [7, 11) is -2.26. The molecule has 0 bridgehead atoms. The summed E-state index contributed by atoms with van der Waals surface area (Å²) in [4.78, 5) is 35.8. The minimum Gasteiger partial charge on any atom is -0.444 e. The molecule has 0 aliphatic heterocycles. The molecule has 0 saturated heterocycles. The molecule has 1 aromatic heterocycles. The molecule has 1 aliphatic rings. The highest BCUT2D eigenvalue weighted by atomic mass is 28.4. The van der Waals surface area contributed by atoms with Gasteiger partial charge >= 0.3 is 12.1 Å². The molecule has 2 atom stereocenters. The van der Waals surface area contributed by atoms with Crippen LogP contribution >= 0.6 is 0 Å². The number of hydrogen-bond donors (Lipinski definition) is 3. The first-order chi connectivity index (χ1) is 19.0. The number of urea groups is 1. The Morgan fingerprint density at radius 2 is 1.76 bits per heavy atom. The number of amides is 3. The SMILES string of the molecule is CC(C)CN(C[C@@H](O[Si](C)(C)C(C)(C)C)[C@H](CC1CCCCC1)NC(=O)OC(C)(C)C)C(=O)NCCc1c[nH]cn1. The van der Waals surface area contributed by atoms with E-state index in [4.69, 9.17) is 9.16 Å². The van der Waals surface area contributed by atoms with E-state index in [9.17, 15) is 9.59 Å². The maximum atomic E-state index is 13.6. The highest BCUT2D eigenvalue weighted by Gasteiger charge is 2.42. The molecular weight excluding hydrogens is 534 g/mol. The number of nitrogens with zero attached hydrogens (tertiary/aromatic N) is 2. The van der Waals surface area contributed by atoms with Crippen LogP contribution in [0.5, 0.6) is 0 Å². The molecule has 1 heterocycles. The van der Waals surface area contributed by atoms with Crippen LogP contribution in [0.4, 0.5) is 9.59 Å². The first-order valence-corrected chi connectivity index (χ1v) is 18.6. The van der Waals surface area contributed by atoms with Gasteiger partial charge in [0.05, 0.1) is 24.2 Å². The summed E-state index contributed by atoms with van der Waals surface area (Å²) in [5.41, 5.74) is 0.307. The minimum atomic E-state index is -2.26. The van der Waals surface area contributed by atoms with Gasteiger partial charge in [-0.15, -0.1) is 0 Å². The number of nitrogens with one attached hydrogen (secondary N) is 3. The molecule has 1 aromatic rings. The van der Waals surface area contributed by atoms with E-state index in [1.165, 1.54) is 19.3 Å². The summed E-state index contributed by atoms with van der Waals surface area (Å²) < 4.78 is 12.8. The average molecular weight is 594 g/mol. The molecule has 9 nitrogen and oxygen atoms in total. The zero-order valence-corrected chi connectivity index (χ0v) is 28.6. The number of hydrogen-bond acceptors (Lipinski definition) is 5. The van der Waals surface area contributed by atoms with E-state index < -0.39 is 20.0 Å². The Morgan fingerprint density at radius 1 is 1.10 bits per heavy atom. The minimum absolute atomic E-state index is 0.0265. The van der Waals surface area contributed by atoms with Gasteiger partial charge in [-0.2, -0.15) is 0 Å². The molecule has 10 heteroatoms. The number of imidazole rings is 1. The van der Waals surface area contributed by atoms with Gasteiger partial charge in [-0.25, -0.2) is 14.6 Å². The predicted octanol–water partition coefficient (Wildman–Crippen LogP) is 6.87. The van der Waals surface area contributed by atoms with Crippen LogP contribution in [0.2, 0.25) is 18.1 Å². The Labute approximate surface area is 250 Å². The Kier molecular flexibility index (Phi) is 13.2. The number of aromatic amines is 1. The summed E-state index contributed by atoms with van der Waals surface area (Å²) in [6.07, 6.45) is 10.2. The molecule has 41 heavy (non-hydrogen) atoms. The van der Waals surface area contributed by atoms with Gasteiger partial charge in [-0.1, -0.05) is 66.7 Å². The molecular formula is C31H59N5O4Si. The summed E-state index contributed by atoms with van der Waals surface area (Å²) >= 11 is 0. The van der Waals surface area contributed by atoms with Gasteiger partial charge in [-0.05, 0) is 57.2 Å². The Hall–Kier alpha value is -2.07. The van der Waals surface area contributed by atoms with Crippen LogP contribution in [0.3, 0.4) is 0 Å². The van der Waals surface area contributed by atoms with Crippen LogP contribution in [0.1, 0.15) is 99.6 Å². The van der Waals surface area contributed by atoms with E-state index in [0.29, 0.717) is 32.0 Å². The molecule has 1 aliphatic carbocycles. The number of carbonyl (C=O) groups is 2. The number of ether oxygens (including phenoxy) is 1. The van der Waals surface area contributed by atoms with Gasteiger partial charge in [0.25, 0.3) is 0 Å². The van der Waals surface area contributed by atoms with E-state index in [1.54, 1.807) is 6.33 Å². The fraction of sp³-hybridized carbons (Fsp3) is 0.839. The van der Waals surface area contributed by atoms with E-state index in [-0.39, 0.29) is 29.1 Å². The molecule has 0 aromatic carbocycles. The van der Waals surface area contributed by atoms with Crippen LogP contribution in [0.25, 0.3) is 0 Å². The second kappa shape index (κ2) is 15.4. The van der Waals surface area contributed by atoms with Crippen LogP contribution in [-0.2, 0) is 15.6 Å². The smallest absolute Gasteiger partial charge is 0.407 e. The maximum Gasteiger partial charge on any atom is 0.407 e. The third kappa shape index (κ3) is 12.8. The topological polar surface area (TPSA) is 109 Å². The predicted molar refractivity (Wildman–Crippen MR) is 169 cm³/mol. The quantitative estimate of drug-likeness (QED) is 0.216. The summed E-state index contributed by atoms with van der Waals surface area (Å²) in [6, 6.07) is -0.389.